The van der Waals surface area contributed by atoms with E-state index in [2.05, 4.69) is 15.0 Å². The third-order valence-corrected chi connectivity index (χ3v) is 3.21. The Hall–Kier alpha value is -2.96. The van der Waals surface area contributed by atoms with Gasteiger partial charge in [0.25, 0.3) is 0 Å². The maximum Gasteiger partial charge on any atom is 0.412 e. The van der Waals surface area contributed by atoms with Gasteiger partial charge in [0, 0.05) is 6.20 Å². The van der Waals surface area contributed by atoms with E-state index in [0.717, 1.165) is 5.56 Å². The van der Waals surface area contributed by atoms with Gasteiger partial charge in [0.1, 0.15) is 11.6 Å². The molecule has 1 aromatic carbocycles. The van der Waals surface area contributed by atoms with Crippen molar-refractivity contribution in [1.82, 2.24) is 4.98 Å². The van der Waals surface area contributed by atoms with Gasteiger partial charge in [-0.1, -0.05) is 6.07 Å². The van der Waals surface area contributed by atoms with E-state index in [1.54, 1.807) is 24.4 Å². The molecular weight excluding hydrogens is 303 g/mol. The molecule has 2 aromatic rings. The van der Waals surface area contributed by atoms with Crippen LogP contribution < -0.4 is 5.32 Å². The van der Waals surface area contributed by atoms with Crippen molar-refractivity contribution in [3.05, 3.63) is 59.0 Å². The number of carboxylic acid groups (broad SMARTS) is 1. The highest BCUT2D eigenvalue weighted by Gasteiger charge is 2.10. The van der Waals surface area contributed by atoms with Gasteiger partial charge in [-0.15, -0.1) is 0 Å². The van der Waals surface area contributed by atoms with Gasteiger partial charge in [-0.05, 0) is 48.2 Å². The van der Waals surface area contributed by atoms with Gasteiger partial charge in [-0.2, -0.15) is 0 Å². The van der Waals surface area contributed by atoms with Crippen LogP contribution in [0.25, 0.3) is 0 Å². The summed E-state index contributed by atoms with van der Waals surface area (Å²) < 4.78 is 18.1. The number of hydrogen-bond donors (Lipinski definition) is 2. The largest absolute Gasteiger partial charge is 0.478 e. The molecule has 0 saturated heterocycles. The Bertz CT molecular complexity index is 734. The fourth-order valence-corrected chi connectivity index (χ4v) is 2.03. The molecule has 0 saturated carbocycles. The second-order valence-electron chi connectivity index (χ2n) is 4.79. The van der Waals surface area contributed by atoms with Gasteiger partial charge in [-0.25, -0.2) is 19.0 Å². The molecule has 1 heterocycles. The van der Waals surface area contributed by atoms with Crippen molar-refractivity contribution < 1.29 is 23.8 Å². The van der Waals surface area contributed by atoms with E-state index in [-0.39, 0.29) is 5.56 Å². The lowest BCUT2D eigenvalue weighted by molar-refractivity contribution is 0.0692. The number of hydrogen-bond acceptors (Lipinski definition) is 4. The summed E-state index contributed by atoms with van der Waals surface area (Å²) in [5.41, 5.74) is 1.24. The molecule has 0 spiro atoms. The second-order valence-corrected chi connectivity index (χ2v) is 4.79. The number of halogens is 1. The minimum atomic E-state index is -1.29. The number of aromatic carboxylic acids is 1. The molecule has 23 heavy (non-hydrogen) atoms. The third-order valence-electron chi connectivity index (χ3n) is 3.21. The van der Waals surface area contributed by atoms with Crippen molar-refractivity contribution in [2.45, 2.75) is 12.8 Å². The molecule has 2 rings (SSSR count). The van der Waals surface area contributed by atoms with E-state index in [4.69, 9.17) is 5.11 Å². The first-order valence-electron chi connectivity index (χ1n) is 6.81. The average molecular weight is 318 g/mol. The highest BCUT2D eigenvalue weighted by atomic mass is 19.1. The molecule has 120 valence electrons. The molecule has 1 amide bonds. The number of nitrogens with one attached hydrogen (secondary N) is 1. The van der Waals surface area contributed by atoms with E-state index in [1.807, 2.05) is 0 Å². The van der Waals surface area contributed by atoms with Crippen LogP contribution in [0.3, 0.4) is 0 Å². The summed E-state index contributed by atoms with van der Waals surface area (Å²) in [7, 11) is 1.26. The number of amides is 1. The van der Waals surface area contributed by atoms with E-state index in [0.29, 0.717) is 24.2 Å². The zero-order valence-electron chi connectivity index (χ0n) is 12.4. The van der Waals surface area contributed by atoms with Gasteiger partial charge in [0.2, 0.25) is 0 Å². The molecule has 0 fully saturated rings. The Morgan fingerprint density at radius 2 is 1.91 bits per heavy atom. The molecule has 0 unspecified atom stereocenters. The van der Waals surface area contributed by atoms with Crippen LogP contribution >= 0.6 is 0 Å². The first-order chi connectivity index (χ1) is 11.0. The van der Waals surface area contributed by atoms with Crippen molar-refractivity contribution in [3.63, 3.8) is 0 Å². The summed E-state index contributed by atoms with van der Waals surface area (Å²) >= 11 is 0. The molecular formula is C16H15FN2O4. The van der Waals surface area contributed by atoms with Crippen LogP contribution in [-0.4, -0.2) is 29.3 Å². The van der Waals surface area contributed by atoms with Gasteiger partial charge in [-0.3, -0.25) is 5.32 Å². The number of carboxylic acids is 1. The predicted molar refractivity (Wildman–Crippen MR) is 81.0 cm³/mol. The molecule has 1 aromatic heterocycles. The number of benzene rings is 1. The first-order valence-corrected chi connectivity index (χ1v) is 6.81. The Morgan fingerprint density at radius 3 is 2.52 bits per heavy atom. The summed E-state index contributed by atoms with van der Waals surface area (Å²) in [4.78, 5) is 25.9. The third kappa shape index (κ3) is 4.50. The molecule has 0 aliphatic rings. The second kappa shape index (κ2) is 7.35. The normalized spacial score (nSPS) is 10.2. The molecule has 0 radical (unpaired) electrons. The average Bonchev–Trinajstić information content (AvgIpc) is 2.53. The Labute approximate surface area is 131 Å². The van der Waals surface area contributed by atoms with Crippen LogP contribution in [0.15, 0.2) is 36.5 Å². The highest BCUT2D eigenvalue weighted by molar-refractivity contribution is 5.87. The fourth-order valence-electron chi connectivity index (χ4n) is 2.03. The summed E-state index contributed by atoms with van der Waals surface area (Å²) in [5.74, 6) is -1.68. The molecule has 0 aliphatic carbocycles. The van der Waals surface area contributed by atoms with Crippen LogP contribution in [0.5, 0.6) is 0 Å². The van der Waals surface area contributed by atoms with Crippen LogP contribution in [0.4, 0.5) is 15.0 Å². The van der Waals surface area contributed by atoms with Gasteiger partial charge < -0.3 is 9.84 Å². The number of pyridine rings is 1. The number of aryl methyl sites for hydroxylation is 2. The van der Waals surface area contributed by atoms with Gasteiger partial charge >= 0.3 is 12.1 Å². The Balaban J connectivity index is 2.03. The summed E-state index contributed by atoms with van der Waals surface area (Å²) in [6.07, 6.45) is 2.05. The smallest absolute Gasteiger partial charge is 0.412 e. The molecule has 6 nitrogen and oxygen atoms in total. The monoisotopic (exact) mass is 318 g/mol. The number of ether oxygens (including phenoxy) is 1. The topological polar surface area (TPSA) is 88.5 Å². The van der Waals surface area contributed by atoms with Crippen molar-refractivity contribution >= 4 is 17.9 Å². The maximum absolute atomic E-state index is 13.6. The minimum Gasteiger partial charge on any atom is -0.478 e. The molecule has 0 bridgehead atoms. The number of carbonyl (C=O) groups is 2. The van der Waals surface area contributed by atoms with Crippen molar-refractivity contribution in [2.75, 3.05) is 12.4 Å². The first kappa shape index (κ1) is 16.4. The number of rotatable bonds is 5. The quantitative estimate of drug-likeness (QED) is 0.885. The summed E-state index contributed by atoms with van der Waals surface area (Å²) in [6, 6.07) is 7.53. The summed E-state index contributed by atoms with van der Waals surface area (Å²) in [5, 5.41) is 11.3. The zero-order valence-corrected chi connectivity index (χ0v) is 12.4. The minimum absolute atomic E-state index is 0.345. The highest BCUT2D eigenvalue weighted by Crippen LogP contribution is 2.14. The lowest BCUT2D eigenvalue weighted by Gasteiger charge is -2.06. The summed E-state index contributed by atoms with van der Waals surface area (Å²) in [6.45, 7) is 0. The van der Waals surface area contributed by atoms with Crippen LogP contribution in [0.1, 0.15) is 21.5 Å². The van der Waals surface area contributed by atoms with Gasteiger partial charge in [0.15, 0.2) is 0 Å². The van der Waals surface area contributed by atoms with Crippen molar-refractivity contribution in [3.8, 4) is 0 Å². The number of carbonyl (C=O) groups excluding carboxylic acids is 1. The molecule has 2 N–H and O–H groups in total. The van der Waals surface area contributed by atoms with Crippen molar-refractivity contribution in [1.29, 1.82) is 0 Å². The van der Waals surface area contributed by atoms with Crippen LogP contribution in [-0.2, 0) is 17.6 Å². The predicted octanol–water partition coefficient (Wildman–Crippen LogP) is 2.88. The Morgan fingerprint density at radius 1 is 1.22 bits per heavy atom. The Kier molecular flexibility index (Phi) is 5.24. The van der Waals surface area contributed by atoms with Crippen LogP contribution in [0, 0.1) is 5.82 Å². The number of nitrogens with zero attached hydrogens (tertiary/aromatic N) is 1. The SMILES string of the molecule is COC(=O)Nc1cc(CCc2ccc(C(=O)O)c(F)c2)ccn1. The lowest BCUT2D eigenvalue weighted by atomic mass is 10.0. The molecule has 7 heteroatoms. The van der Waals surface area contributed by atoms with Crippen molar-refractivity contribution in [2.24, 2.45) is 0 Å². The lowest BCUT2D eigenvalue weighted by Crippen LogP contribution is -2.12. The number of anilines is 1. The zero-order chi connectivity index (χ0) is 16.8. The molecule has 0 aliphatic heterocycles. The van der Waals surface area contributed by atoms with Gasteiger partial charge in [0.05, 0.1) is 12.7 Å². The number of methoxy groups -OCH3 is 1. The maximum atomic E-state index is 13.6. The van der Waals surface area contributed by atoms with Crippen LogP contribution in [0.2, 0.25) is 0 Å². The van der Waals surface area contributed by atoms with E-state index in [9.17, 15) is 14.0 Å². The van der Waals surface area contributed by atoms with E-state index >= 15 is 0 Å². The van der Waals surface area contributed by atoms with E-state index < -0.39 is 17.9 Å². The number of aromatic nitrogens is 1. The van der Waals surface area contributed by atoms with E-state index in [1.165, 1.54) is 19.2 Å². The standard InChI is InChI=1S/C16H15FN2O4/c1-23-16(22)19-14-9-11(6-7-18-14)3-2-10-4-5-12(15(20)21)13(17)8-10/h4-9H,2-3H2,1H3,(H,20,21)(H,18,19,22). The molecule has 0 atom stereocenters. The fraction of sp³-hybridized carbons (Fsp3) is 0.188.